The first-order valence-electron chi connectivity index (χ1n) is 7.19. The molecule has 0 aromatic heterocycles. The molecular weight excluding hydrogens is 285 g/mol. The van der Waals surface area contributed by atoms with Gasteiger partial charge in [0.05, 0.1) is 0 Å². The van der Waals surface area contributed by atoms with Crippen LogP contribution in [0.4, 0.5) is 4.39 Å². The highest BCUT2D eigenvalue weighted by atomic mass is 35.5. The van der Waals surface area contributed by atoms with Crippen molar-refractivity contribution < 1.29 is 4.39 Å². The van der Waals surface area contributed by atoms with E-state index in [1.807, 2.05) is 6.07 Å². The Morgan fingerprint density at radius 3 is 2.48 bits per heavy atom. The first-order chi connectivity index (χ1) is 9.96. The maximum Gasteiger partial charge on any atom is 0.124 e. The standard InChI is InChI=1S/C18H21ClFN/c1-18(2,11-10-14-6-4-3-5-7-14)21-13-15-8-9-16(20)12-17(15)19/h3-9,12,21H,10-11,13H2,1-2H3. The van der Waals surface area contributed by atoms with Crippen LogP contribution in [0.15, 0.2) is 48.5 Å². The molecule has 0 spiro atoms. The van der Waals surface area contributed by atoms with Gasteiger partial charge in [0.2, 0.25) is 0 Å². The van der Waals surface area contributed by atoms with Crippen molar-refractivity contribution >= 4 is 11.6 Å². The smallest absolute Gasteiger partial charge is 0.124 e. The molecule has 0 amide bonds. The molecule has 2 aromatic rings. The van der Waals surface area contributed by atoms with Crippen LogP contribution in [0.3, 0.4) is 0 Å². The number of benzene rings is 2. The summed E-state index contributed by atoms with van der Waals surface area (Å²) < 4.78 is 13.0. The van der Waals surface area contributed by atoms with Gasteiger partial charge < -0.3 is 5.32 Å². The Balaban J connectivity index is 1.88. The molecule has 0 unspecified atom stereocenters. The van der Waals surface area contributed by atoms with Crippen LogP contribution in [-0.4, -0.2) is 5.54 Å². The van der Waals surface area contributed by atoms with E-state index in [9.17, 15) is 4.39 Å². The second-order valence-electron chi connectivity index (χ2n) is 5.96. The van der Waals surface area contributed by atoms with Gasteiger partial charge in [0.25, 0.3) is 0 Å². The molecule has 1 nitrogen and oxygen atoms in total. The predicted molar refractivity (Wildman–Crippen MR) is 87.1 cm³/mol. The van der Waals surface area contributed by atoms with Gasteiger partial charge in [-0.2, -0.15) is 0 Å². The van der Waals surface area contributed by atoms with Gasteiger partial charge in [-0.3, -0.25) is 0 Å². The summed E-state index contributed by atoms with van der Waals surface area (Å²) in [6.45, 7) is 4.99. The van der Waals surface area contributed by atoms with E-state index in [-0.39, 0.29) is 11.4 Å². The molecular formula is C18H21ClFN. The molecule has 0 saturated heterocycles. The van der Waals surface area contributed by atoms with E-state index < -0.39 is 0 Å². The summed E-state index contributed by atoms with van der Waals surface area (Å²) in [4.78, 5) is 0. The number of aryl methyl sites for hydroxylation is 1. The number of hydrogen-bond donors (Lipinski definition) is 1. The Labute approximate surface area is 131 Å². The van der Waals surface area contributed by atoms with Gasteiger partial charge in [-0.1, -0.05) is 48.0 Å². The molecule has 2 aromatic carbocycles. The third kappa shape index (κ3) is 5.14. The minimum absolute atomic E-state index is 0.00639. The molecule has 0 saturated carbocycles. The van der Waals surface area contributed by atoms with Crippen molar-refractivity contribution in [2.24, 2.45) is 0 Å². The van der Waals surface area contributed by atoms with E-state index in [0.717, 1.165) is 18.4 Å². The molecule has 0 radical (unpaired) electrons. The lowest BCUT2D eigenvalue weighted by molar-refractivity contribution is 0.360. The zero-order valence-electron chi connectivity index (χ0n) is 12.5. The molecule has 2 rings (SSSR count). The number of rotatable bonds is 6. The number of hydrogen-bond acceptors (Lipinski definition) is 1. The van der Waals surface area contributed by atoms with Gasteiger partial charge >= 0.3 is 0 Å². The van der Waals surface area contributed by atoms with E-state index in [4.69, 9.17) is 11.6 Å². The minimum Gasteiger partial charge on any atom is -0.308 e. The molecule has 21 heavy (non-hydrogen) atoms. The van der Waals surface area contributed by atoms with E-state index in [0.29, 0.717) is 11.6 Å². The van der Waals surface area contributed by atoms with Crippen LogP contribution in [-0.2, 0) is 13.0 Å². The summed E-state index contributed by atoms with van der Waals surface area (Å²) in [6, 6.07) is 15.0. The van der Waals surface area contributed by atoms with Gasteiger partial charge in [0.1, 0.15) is 5.82 Å². The zero-order chi connectivity index (χ0) is 15.3. The number of halogens is 2. The van der Waals surface area contributed by atoms with Crippen molar-refractivity contribution in [3.05, 3.63) is 70.5 Å². The van der Waals surface area contributed by atoms with Crippen LogP contribution < -0.4 is 5.32 Å². The molecule has 0 fully saturated rings. The Morgan fingerprint density at radius 2 is 1.81 bits per heavy atom. The Bertz CT molecular complexity index is 581. The monoisotopic (exact) mass is 305 g/mol. The van der Waals surface area contributed by atoms with Crippen molar-refractivity contribution in [1.29, 1.82) is 0 Å². The van der Waals surface area contributed by atoms with Gasteiger partial charge in [-0.05, 0) is 49.9 Å². The van der Waals surface area contributed by atoms with Crippen LogP contribution in [0.1, 0.15) is 31.4 Å². The van der Waals surface area contributed by atoms with Crippen molar-refractivity contribution in [2.45, 2.75) is 38.8 Å². The van der Waals surface area contributed by atoms with Crippen LogP contribution in [0.25, 0.3) is 0 Å². The average Bonchev–Trinajstić information content (AvgIpc) is 2.45. The lowest BCUT2D eigenvalue weighted by Crippen LogP contribution is -2.39. The van der Waals surface area contributed by atoms with Gasteiger partial charge in [0, 0.05) is 17.1 Å². The lowest BCUT2D eigenvalue weighted by atomic mass is 9.95. The molecule has 1 N–H and O–H groups in total. The van der Waals surface area contributed by atoms with Crippen LogP contribution in [0.5, 0.6) is 0 Å². The third-order valence-electron chi connectivity index (χ3n) is 3.65. The van der Waals surface area contributed by atoms with E-state index in [2.05, 4.69) is 43.4 Å². The molecule has 3 heteroatoms. The van der Waals surface area contributed by atoms with Crippen LogP contribution in [0.2, 0.25) is 5.02 Å². The highest BCUT2D eigenvalue weighted by molar-refractivity contribution is 6.31. The van der Waals surface area contributed by atoms with E-state index in [1.54, 1.807) is 6.07 Å². The second-order valence-corrected chi connectivity index (χ2v) is 6.37. The summed E-state index contributed by atoms with van der Waals surface area (Å²) in [7, 11) is 0. The lowest BCUT2D eigenvalue weighted by Gasteiger charge is -2.27. The largest absolute Gasteiger partial charge is 0.308 e. The normalized spacial score (nSPS) is 11.6. The quantitative estimate of drug-likeness (QED) is 0.793. The van der Waals surface area contributed by atoms with Crippen molar-refractivity contribution in [1.82, 2.24) is 5.32 Å². The van der Waals surface area contributed by atoms with E-state index in [1.165, 1.54) is 17.7 Å². The highest BCUT2D eigenvalue weighted by Gasteiger charge is 2.17. The topological polar surface area (TPSA) is 12.0 Å². The molecule has 0 heterocycles. The molecule has 0 aliphatic carbocycles. The first kappa shape index (κ1) is 16.0. The molecule has 0 bridgehead atoms. The summed E-state index contributed by atoms with van der Waals surface area (Å²) in [5, 5.41) is 3.97. The van der Waals surface area contributed by atoms with Crippen molar-refractivity contribution in [3.63, 3.8) is 0 Å². The molecule has 0 atom stereocenters. The first-order valence-corrected chi connectivity index (χ1v) is 7.57. The Morgan fingerprint density at radius 1 is 1.10 bits per heavy atom. The highest BCUT2D eigenvalue weighted by Crippen LogP contribution is 2.19. The second kappa shape index (κ2) is 7.06. The predicted octanol–water partition coefficient (Wildman–Crippen LogP) is 4.98. The summed E-state index contributed by atoms with van der Waals surface area (Å²) in [5.74, 6) is -0.299. The average molecular weight is 306 g/mol. The summed E-state index contributed by atoms with van der Waals surface area (Å²) >= 11 is 6.05. The fourth-order valence-electron chi connectivity index (χ4n) is 2.19. The molecule has 0 aliphatic heterocycles. The summed E-state index contributed by atoms with van der Waals surface area (Å²) in [6.07, 6.45) is 2.05. The summed E-state index contributed by atoms with van der Waals surface area (Å²) in [5.41, 5.74) is 2.26. The minimum atomic E-state index is -0.299. The fraction of sp³-hybridized carbons (Fsp3) is 0.333. The Kier molecular flexibility index (Phi) is 5.38. The van der Waals surface area contributed by atoms with Gasteiger partial charge in [-0.15, -0.1) is 0 Å². The maximum atomic E-state index is 13.0. The van der Waals surface area contributed by atoms with Crippen molar-refractivity contribution in [3.8, 4) is 0 Å². The van der Waals surface area contributed by atoms with Crippen LogP contribution >= 0.6 is 11.6 Å². The SMILES string of the molecule is CC(C)(CCc1ccccc1)NCc1ccc(F)cc1Cl. The fourth-order valence-corrected chi connectivity index (χ4v) is 2.42. The van der Waals surface area contributed by atoms with Gasteiger partial charge in [0.15, 0.2) is 0 Å². The van der Waals surface area contributed by atoms with Gasteiger partial charge in [-0.25, -0.2) is 4.39 Å². The van der Waals surface area contributed by atoms with Crippen LogP contribution in [0, 0.1) is 5.82 Å². The Hall–Kier alpha value is -1.38. The third-order valence-corrected chi connectivity index (χ3v) is 4.01. The maximum absolute atomic E-state index is 13.0. The number of nitrogens with one attached hydrogen (secondary N) is 1. The molecule has 0 aliphatic rings. The van der Waals surface area contributed by atoms with Crippen molar-refractivity contribution in [2.75, 3.05) is 0 Å². The zero-order valence-corrected chi connectivity index (χ0v) is 13.3. The van der Waals surface area contributed by atoms with E-state index >= 15 is 0 Å². The molecule has 112 valence electrons.